The molecule has 1 aromatic rings. The SMILES string of the molecule is COC(=O)N1CCN(S(=O)(=O)c2ccc(N)cc2Br)CC1. The van der Waals surface area contributed by atoms with Crippen molar-refractivity contribution in [2.24, 2.45) is 0 Å². The van der Waals surface area contributed by atoms with E-state index in [0.29, 0.717) is 23.2 Å². The molecule has 116 valence electrons. The van der Waals surface area contributed by atoms with Gasteiger partial charge in [0.2, 0.25) is 10.0 Å². The maximum Gasteiger partial charge on any atom is 0.409 e. The standard InChI is InChI=1S/C12H16BrN3O4S/c1-20-12(17)15-4-6-16(7-5-15)21(18,19)11-3-2-9(14)8-10(11)13/h2-3,8H,4-7,14H2,1H3. The van der Waals surface area contributed by atoms with E-state index in [1.807, 2.05) is 0 Å². The fourth-order valence-corrected chi connectivity index (χ4v) is 4.58. The normalized spacial score (nSPS) is 16.8. The van der Waals surface area contributed by atoms with Gasteiger partial charge < -0.3 is 15.4 Å². The molecule has 0 aromatic heterocycles. The summed E-state index contributed by atoms with van der Waals surface area (Å²) in [5.41, 5.74) is 6.10. The minimum absolute atomic E-state index is 0.170. The lowest BCUT2D eigenvalue weighted by Crippen LogP contribution is -2.50. The van der Waals surface area contributed by atoms with E-state index in [-0.39, 0.29) is 18.0 Å². The molecule has 7 nitrogen and oxygen atoms in total. The lowest BCUT2D eigenvalue weighted by atomic mass is 10.3. The molecule has 2 N–H and O–H groups in total. The molecule has 1 fully saturated rings. The Balaban J connectivity index is 2.17. The van der Waals surface area contributed by atoms with Crippen LogP contribution in [0.15, 0.2) is 27.6 Å². The monoisotopic (exact) mass is 377 g/mol. The molecular formula is C12H16BrN3O4S. The Morgan fingerprint density at radius 1 is 1.29 bits per heavy atom. The fraction of sp³-hybridized carbons (Fsp3) is 0.417. The molecule has 0 bridgehead atoms. The second-order valence-electron chi connectivity index (χ2n) is 4.55. The summed E-state index contributed by atoms with van der Waals surface area (Å²) in [5.74, 6) is 0. The highest BCUT2D eigenvalue weighted by Gasteiger charge is 2.31. The highest BCUT2D eigenvalue weighted by molar-refractivity contribution is 9.10. The van der Waals surface area contributed by atoms with Crippen LogP contribution in [0.2, 0.25) is 0 Å². The van der Waals surface area contributed by atoms with Gasteiger partial charge in [0.05, 0.1) is 12.0 Å². The first-order valence-electron chi connectivity index (χ1n) is 6.24. The fourth-order valence-electron chi connectivity index (χ4n) is 2.11. The molecule has 1 aliphatic heterocycles. The number of rotatable bonds is 2. The van der Waals surface area contributed by atoms with E-state index in [1.54, 1.807) is 12.1 Å². The third-order valence-electron chi connectivity index (χ3n) is 3.25. The van der Waals surface area contributed by atoms with Crippen molar-refractivity contribution in [2.75, 3.05) is 39.0 Å². The number of nitrogens with zero attached hydrogens (tertiary/aromatic N) is 2. The molecule has 0 atom stereocenters. The topological polar surface area (TPSA) is 92.9 Å². The Morgan fingerprint density at radius 2 is 1.90 bits per heavy atom. The van der Waals surface area contributed by atoms with Crippen LogP contribution in [0, 0.1) is 0 Å². The molecule has 0 unspecified atom stereocenters. The minimum atomic E-state index is -3.61. The number of amides is 1. The lowest BCUT2D eigenvalue weighted by Gasteiger charge is -2.33. The molecule has 1 amide bonds. The summed E-state index contributed by atoms with van der Waals surface area (Å²) < 4.78 is 31.6. The van der Waals surface area contributed by atoms with Gasteiger partial charge in [0, 0.05) is 36.3 Å². The second kappa shape index (κ2) is 6.20. The number of hydrogen-bond acceptors (Lipinski definition) is 5. The van der Waals surface area contributed by atoms with Crippen LogP contribution < -0.4 is 5.73 Å². The smallest absolute Gasteiger partial charge is 0.409 e. The Morgan fingerprint density at radius 3 is 2.43 bits per heavy atom. The summed E-state index contributed by atoms with van der Waals surface area (Å²) >= 11 is 3.23. The first-order chi connectivity index (χ1) is 9.86. The molecular weight excluding hydrogens is 362 g/mol. The van der Waals surface area contributed by atoms with Gasteiger partial charge in [-0.2, -0.15) is 4.31 Å². The van der Waals surface area contributed by atoms with E-state index >= 15 is 0 Å². The Hall–Kier alpha value is -1.32. The number of anilines is 1. The number of carbonyl (C=O) groups is 1. The van der Waals surface area contributed by atoms with E-state index < -0.39 is 16.1 Å². The Labute approximate surface area is 131 Å². The number of methoxy groups -OCH3 is 1. The van der Waals surface area contributed by atoms with Gasteiger partial charge in [-0.05, 0) is 34.1 Å². The van der Waals surface area contributed by atoms with Gasteiger partial charge in [0.15, 0.2) is 0 Å². The average Bonchev–Trinajstić information content (AvgIpc) is 2.46. The van der Waals surface area contributed by atoms with Crippen molar-refractivity contribution in [2.45, 2.75) is 4.90 Å². The number of halogens is 1. The van der Waals surface area contributed by atoms with Crippen molar-refractivity contribution in [3.8, 4) is 0 Å². The molecule has 1 aliphatic rings. The van der Waals surface area contributed by atoms with Crippen molar-refractivity contribution < 1.29 is 17.9 Å². The Kier molecular flexibility index (Phi) is 4.74. The predicted molar refractivity (Wildman–Crippen MR) is 81.3 cm³/mol. The van der Waals surface area contributed by atoms with Gasteiger partial charge in [0.25, 0.3) is 0 Å². The van der Waals surface area contributed by atoms with Gasteiger partial charge in [-0.1, -0.05) is 0 Å². The predicted octanol–water partition coefficient (Wildman–Crippen LogP) is 1.10. The van der Waals surface area contributed by atoms with Crippen molar-refractivity contribution in [3.05, 3.63) is 22.7 Å². The quantitative estimate of drug-likeness (QED) is 0.779. The van der Waals surface area contributed by atoms with E-state index in [0.717, 1.165) is 0 Å². The van der Waals surface area contributed by atoms with Gasteiger partial charge >= 0.3 is 6.09 Å². The van der Waals surface area contributed by atoms with Crippen molar-refractivity contribution in [1.82, 2.24) is 9.21 Å². The van der Waals surface area contributed by atoms with Crippen molar-refractivity contribution in [3.63, 3.8) is 0 Å². The molecule has 0 aliphatic carbocycles. The first-order valence-corrected chi connectivity index (χ1v) is 8.47. The molecule has 0 radical (unpaired) electrons. The number of nitrogen functional groups attached to an aromatic ring is 1. The average molecular weight is 378 g/mol. The molecule has 9 heteroatoms. The van der Waals surface area contributed by atoms with Gasteiger partial charge in [0.1, 0.15) is 0 Å². The summed E-state index contributed by atoms with van der Waals surface area (Å²) in [7, 11) is -2.31. The molecule has 21 heavy (non-hydrogen) atoms. The Bertz CT molecular complexity index is 642. The number of ether oxygens (including phenoxy) is 1. The molecule has 0 spiro atoms. The van der Waals surface area contributed by atoms with E-state index in [9.17, 15) is 13.2 Å². The zero-order valence-corrected chi connectivity index (χ0v) is 13.9. The number of piperazine rings is 1. The third-order valence-corrected chi connectivity index (χ3v) is 6.12. The van der Waals surface area contributed by atoms with E-state index in [2.05, 4.69) is 20.7 Å². The lowest BCUT2D eigenvalue weighted by molar-refractivity contribution is 0.108. The van der Waals surface area contributed by atoms with Crippen LogP contribution in [-0.4, -0.2) is 57.0 Å². The number of carbonyl (C=O) groups excluding carboxylic acids is 1. The molecule has 1 saturated heterocycles. The minimum Gasteiger partial charge on any atom is -0.453 e. The van der Waals surface area contributed by atoms with Crippen molar-refractivity contribution >= 4 is 37.7 Å². The summed E-state index contributed by atoms with van der Waals surface area (Å²) in [6.45, 7) is 1.07. The highest BCUT2D eigenvalue weighted by Crippen LogP contribution is 2.27. The van der Waals surface area contributed by atoms with Crippen LogP contribution in [-0.2, 0) is 14.8 Å². The zero-order chi connectivity index (χ0) is 15.6. The van der Waals surface area contributed by atoms with E-state index in [4.69, 9.17) is 5.73 Å². The largest absolute Gasteiger partial charge is 0.453 e. The van der Waals surface area contributed by atoms with Gasteiger partial charge in [-0.3, -0.25) is 0 Å². The van der Waals surface area contributed by atoms with Crippen LogP contribution in [0.4, 0.5) is 10.5 Å². The number of hydrogen-bond donors (Lipinski definition) is 1. The second-order valence-corrected chi connectivity index (χ2v) is 7.31. The number of sulfonamides is 1. The summed E-state index contributed by atoms with van der Waals surface area (Å²) in [6.07, 6.45) is -0.444. The maximum atomic E-state index is 12.6. The van der Waals surface area contributed by atoms with Gasteiger partial charge in [-0.15, -0.1) is 0 Å². The summed E-state index contributed by atoms with van der Waals surface area (Å²) in [5, 5.41) is 0. The molecule has 1 aromatic carbocycles. The number of benzene rings is 1. The van der Waals surface area contributed by atoms with Crippen molar-refractivity contribution in [1.29, 1.82) is 0 Å². The van der Waals surface area contributed by atoms with Crippen LogP contribution in [0.25, 0.3) is 0 Å². The number of nitrogens with two attached hydrogens (primary N) is 1. The van der Waals surface area contributed by atoms with E-state index in [1.165, 1.54) is 22.4 Å². The molecule has 0 saturated carbocycles. The molecule has 2 rings (SSSR count). The summed E-state index contributed by atoms with van der Waals surface area (Å²) in [4.78, 5) is 13.0. The van der Waals surface area contributed by atoms with Crippen LogP contribution >= 0.6 is 15.9 Å². The van der Waals surface area contributed by atoms with Crippen LogP contribution in [0.3, 0.4) is 0 Å². The third kappa shape index (κ3) is 3.30. The molecule has 1 heterocycles. The van der Waals surface area contributed by atoms with Crippen LogP contribution in [0.1, 0.15) is 0 Å². The van der Waals surface area contributed by atoms with Gasteiger partial charge in [-0.25, -0.2) is 13.2 Å². The summed E-state index contributed by atoms with van der Waals surface area (Å²) in [6, 6.07) is 4.57. The van der Waals surface area contributed by atoms with Crippen LogP contribution in [0.5, 0.6) is 0 Å². The maximum absolute atomic E-state index is 12.6. The zero-order valence-electron chi connectivity index (χ0n) is 11.5. The highest BCUT2D eigenvalue weighted by atomic mass is 79.9. The first kappa shape index (κ1) is 16.1.